The summed E-state index contributed by atoms with van der Waals surface area (Å²) in [6.45, 7) is 3.65. The van der Waals surface area contributed by atoms with E-state index in [4.69, 9.17) is 15.2 Å². The van der Waals surface area contributed by atoms with E-state index in [0.717, 1.165) is 11.1 Å². The fourth-order valence-electron chi connectivity index (χ4n) is 2.91. The van der Waals surface area contributed by atoms with E-state index in [2.05, 4.69) is 10.6 Å². The Morgan fingerprint density at radius 1 is 0.935 bits per heavy atom. The number of methoxy groups -OCH3 is 1. The first-order valence-corrected chi connectivity index (χ1v) is 10.00. The van der Waals surface area contributed by atoms with Crippen LogP contribution in [0.5, 0.6) is 5.75 Å². The van der Waals surface area contributed by atoms with Gasteiger partial charge >= 0.3 is 6.09 Å². The zero-order valence-electron chi connectivity index (χ0n) is 18.0. The van der Waals surface area contributed by atoms with Gasteiger partial charge in [-0.2, -0.15) is 0 Å². The van der Waals surface area contributed by atoms with Gasteiger partial charge in [0.2, 0.25) is 11.8 Å². The van der Waals surface area contributed by atoms with Gasteiger partial charge in [0.1, 0.15) is 24.4 Å². The van der Waals surface area contributed by atoms with Crippen molar-refractivity contribution in [1.82, 2.24) is 10.6 Å². The first kappa shape index (κ1) is 23.7. The Morgan fingerprint density at radius 2 is 1.58 bits per heavy atom. The monoisotopic (exact) mass is 427 g/mol. The molecule has 0 aliphatic rings. The van der Waals surface area contributed by atoms with Crippen molar-refractivity contribution in [1.29, 1.82) is 0 Å². The van der Waals surface area contributed by atoms with Gasteiger partial charge < -0.3 is 25.8 Å². The van der Waals surface area contributed by atoms with Crippen molar-refractivity contribution >= 4 is 17.9 Å². The number of carbonyl (C=O) groups is 3. The maximum Gasteiger partial charge on any atom is 0.408 e. The average molecular weight is 428 g/mol. The van der Waals surface area contributed by atoms with E-state index < -0.39 is 30.0 Å². The number of ether oxygens (including phenoxy) is 2. The van der Waals surface area contributed by atoms with Crippen LogP contribution in [0.3, 0.4) is 0 Å². The quantitative estimate of drug-likeness (QED) is 0.537. The van der Waals surface area contributed by atoms with Crippen LogP contribution in [-0.2, 0) is 27.4 Å². The number of nitrogens with two attached hydrogens (primary N) is 1. The lowest BCUT2D eigenvalue weighted by Crippen LogP contribution is -2.55. The summed E-state index contributed by atoms with van der Waals surface area (Å²) in [5.74, 6) is -0.734. The lowest BCUT2D eigenvalue weighted by molar-refractivity contribution is -0.129. The van der Waals surface area contributed by atoms with Crippen LogP contribution in [0.25, 0.3) is 0 Å². The summed E-state index contributed by atoms with van der Waals surface area (Å²) in [4.78, 5) is 36.9. The largest absolute Gasteiger partial charge is 0.497 e. The molecule has 0 aromatic heterocycles. The first-order chi connectivity index (χ1) is 14.8. The smallest absolute Gasteiger partial charge is 0.408 e. The van der Waals surface area contributed by atoms with Crippen molar-refractivity contribution in [2.45, 2.75) is 39.0 Å². The standard InChI is InChI=1S/C23H29N3O5/c1-15(2)20(26-23(29)31-14-17-7-5-4-6-8-17)22(28)25-19(21(24)27)13-16-9-11-18(30-3)12-10-16/h4-12,15,19-20H,13-14H2,1-3H3,(H2,24,27)(H,25,28)(H,26,29)/t19-,20-/m1/s1. The lowest BCUT2D eigenvalue weighted by atomic mass is 10.0. The molecular formula is C23H29N3O5. The van der Waals surface area contributed by atoms with Crippen LogP contribution in [0.1, 0.15) is 25.0 Å². The molecule has 0 unspecified atom stereocenters. The molecule has 8 nitrogen and oxygen atoms in total. The molecule has 166 valence electrons. The Bertz CT molecular complexity index is 869. The molecule has 31 heavy (non-hydrogen) atoms. The van der Waals surface area contributed by atoms with Crippen molar-refractivity contribution < 1.29 is 23.9 Å². The van der Waals surface area contributed by atoms with Gasteiger partial charge in [-0.25, -0.2) is 4.79 Å². The Balaban J connectivity index is 1.97. The minimum atomic E-state index is -0.927. The molecule has 4 N–H and O–H groups in total. The van der Waals surface area contributed by atoms with Crippen molar-refractivity contribution in [3.63, 3.8) is 0 Å². The molecular weight excluding hydrogens is 398 g/mol. The molecule has 0 fully saturated rings. The third kappa shape index (κ3) is 7.65. The van der Waals surface area contributed by atoms with E-state index in [1.165, 1.54) is 0 Å². The van der Waals surface area contributed by atoms with E-state index in [1.54, 1.807) is 45.2 Å². The van der Waals surface area contributed by atoms with E-state index in [0.29, 0.717) is 5.75 Å². The number of alkyl carbamates (subject to hydrolysis) is 1. The molecule has 2 aromatic carbocycles. The maximum absolute atomic E-state index is 12.8. The van der Waals surface area contributed by atoms with Gasteiger partial charge in [0, 0.05) is 6.42 Å². The number of hydrogen-bond donors (Lipinski definition) is 3. The second kappa shape index (κ2) is 11.6. The Kier molecular flexibility index (Phi) is 8.87. The number of carbonyl (C=O) groups excluding carboxylic acids is 3. The molecule has 2 atom stereocenters. The highest BCUT2D eigenvalue weighted by molar-refractivity contribution is 5.91. The van der Waals surface area contributed by atoms with Gasteiger partial charge in [-0.15, -0.1) is 0 Å². The zero-order valence-corrected chi connectivity index (χ0v) is 18.0. The van der Waals surface area contributed by atoms with Gasteiger partial charge in [-0.1, -0.05) is 56.3 Å². The zero-order chi connectivity index (χ0) is 22.8. The second-order valence-electron chi connectivity index (χ2n) is 7.44. The molecule has 0 saturated heterocycles. The highest BCUT2D eigenvalue weighted by Crippen LogP contribution is 2.13. The molecule has 0 aliphatic heterocycles. The van der Waals surface area contributed by atoms with Crippen LogP contribution in [-0.4, -0.2) is 37.1 Å². The SMILES string of the molecule is COc1ccc(C[C@@H](NC(=O)[C@H](NC(=O)OCc2ccccc2)C(C)C)C(N)=O)cc1. The molecule has 0 saturated carbocycles. The Labute approximate surface area is 182 Å². The van der Waals surface area contributed by atoms with Crippen LogP contribution in [0, 0.1) is 5.92 Å². The number of hydrogen-bond acceptors (Lipinski definition) is 5. The highest BCUT2D eigenvalue weighted by Gasteiger charge is 2.28. The van der Waals surface area contributed by atoms with Crippen molar-refractivity contribution in [2.24, 2.45) is 11.7 Å². The predicted molar refractivity (Wildman–Crippen MR) is 116 cm³/mol. The summed E-state index contributed by atoms with van der Waals surface area (Å²) in [6.07, 6.45) is -0.502. The van der Waals surface area contributed by atoms with E-state index in [-0.39, 0.29) is 18.9 Å². The number of nitrogens with one attached hydrogen (secondary N) is 2. The normalized spacial score (nSPS) is 12.5. The Hall–Kier alpha value is -3.55. The van der Waals surface area contributed by atoms with E-state index in [1.807, 2.05) is 30.3 Å². The van der Waals surface area contributed by atoms with Gasteiger partial charge in [0.15, 0.2) is 0 Å². The van der Waals surface area contributed by atoms with Crippen LogP contribution >= 0.6 is 0 Å². The van der Waals surface area contributed by atoms with Gasteiger partial charge in [0.25, 0.3) is 0 Å². The van der Waals surface area contributed by atoms with E-state index in [9.17, 15) is 14.4 Å². The second-order valence-corrected chi connectivity index (χ2v) is 7.44. The minimum absolute atomic E-state index is 0.0838. The third-order valence-corrected chi connectivity index (χ3v) is 4.69. The molecule has 8 heteroatoms. The first-order valence-electron chi connectivity index (χ1n) is 10.00. The number of primary amides is 1. The molecule has 3 amide bonds. The Morgan fingerprint density at radius 3 is 2.13 bits per heavy atom. The molecule has 2 aromatic rings. The van der Waals surface area contributed by atoms with Crippen LogP contribution in [0.4, 0.5) is 4.79 Å². The highest BCUT2D eigenvalue weighted by atomic mass is 16.5. The summed E-state index contributed by atoms with van der Waals surface area (Å²) < 4.78 is 10.3. The van der Waals surface area contributed by atoms with Crippen molar-refractivity contribution in [3.8, 4) is 5.75 Å². The average Bonchev–Trinajstić information content (AvgIpc) is 2.76. The molecule has 0 aliphatic carbocycles. The summed E-state index contributed by atoms with van der Waals surface area (Å²) in [7, 11) is 1.56. The van der Waals surface area contributed by atoms with E-state index >= 15 is 0 Å². The third-order valence-electron chi connectivity index (χ3n) is 4.69. The summed E-state index contributed by atoms with van der Waals surface area (Å²) in [5.41, 5.74) is 7.12. The van der Waals surface area contributed by atoms with Crippen molar-refractivity contribution in [2.75, 3.05) is 7.11 Å². The summed E-state index contributed by atoms with van der Waals surface area (Å²) >= 11 is 0. The van der Waals surface area contributed by atoms with Gasteiger partial charge in [-0.3, -0.25) is 9.59 Å². The molecule has 2 rings (SSSR count). The summed E-state index contributed by atoms with van der Waals surface area (Å²) in [6, 6.07) is 14.5. The van der Waals surface area contributed by atoms with Gasteiger partial charge in [0.05, 0.1) is 7.11 Å². The number of benzene rings is 2. The molecule has 0 heterocycles. The fourth-order valence-corrected chi connectivity index (χ4v) is 2.91. The van der Waals surface area contributed by atoms with Crippen molar-refractivity contribution in [3.05, 3.63) is 65.7 Å². The predicted octanol–water partition coefficient (Wildman–Crippen LogP) is 2.16. The topological polar surface area (TPSA) is 120 Å². The minimum Gasteiger partial charge on any atom is -0.497 e. The molecule has 0 bridgehead atoms. The number of amides is 3. The molecule has 0 radical (unpaired) electrons. The van der Waals surface area contributed by atoms with Crippen LogP contribution in [0.15, 0.2) is 54.6 Å². The molecule has 0 spiro atoms. The summed E-state index contributed by atoms with van der Waals surface area (Å²) in [5, 5.41) is 5.21. The fraction of sp³-hybridized carbons (Fsp3) is 0.348. The lowest BCUT2D eigenvalue weighted by Gasteiger charge is -2.24. The van der Waals surface area contributed by atoms with Gasteiger partial charge in [-0.05, 0) is 29.2 Å². The van der Waals surface area contributed by atoms with Crippen LogP contribution in [0.2, 0.25) is 0 Å². The maximum atomic E-state index is 12.8. The van der Waals surface area contributed by atoms with Crippen LogP contribution < -0.4 is 21.1 Å². The number of rotatable bonds is 10.